The van der Waals surface area contributed by atoms with E-state index in [-0.39, 0.29) is 12.4 Å². The van der Waals surface area contributed by atoms with Crippen LogP contribution < -0.4 is 10.5 Å². The molecule has 0 aliphatic heterocycles. The third-order valence-corrected chi connectivity index (χ3v) is 3.01. The second kappa shape index (κ2) is 6.45. The molecule has 2 rings (SSSR count). The summed E-state index contributed by atoms with van der Waals surface area (Å²) in [6.07, 6.45) is 1.55. The molecule has 0 saturated heterocycles. The number of hydrogen-bond acceptors (Lipinski definition) is 4. The first-order chi connectivity index (χ1) is 9.60. The number of halogens is 2. The molecule has 3 N–H and O–H groups in total. The molecule has 0 unspecified atom stereocenters. The number of benzene rings is 1. The van der Waals surface area contributed by atoms with Crippen LogP contribution in [0.3, 0.4) is 0 Å². The van der Waals surface area contributed by atoms with E-state index < -0.39 is 0 Å². The number of oxime groups is 1. The molecule has 0 fully saturated rings. The number of nitrogens with zero attached hydrogens (tertiary/aromatic N) is 2. The van der Waals surface area contributed by atoms with Crippen LogP contribution in [0.4, 0.5) is 0 Å². The summed E-state index contributed by atoms with van der Waals surface area (Å²) in [7, 11) is 0. The smallest absolute Gasteiger partial charge is 0.188 e. The highest BCUT2D eigenvalue weighted by molar-refractivity contribution is 6.35. The molecular formula is C13H11Cl2N3O2. The summed E-state index contributed by atoms with van der Waals surface area (Å²) >= 11 is 11.8. The molecular weight excluding hydrogens is 301 g/mol. The molecule has 0 bridgehead atoms. The lowest BCUT2D eigenvalue weighted by Gasteiger charge is -2.09. The first-order valence-corrected chi connectivity index (χ1v) is 6.36. The summed E-state index contributed by atoms with van der Waals surface area (Å²) in [5.41, 5.74) is 6.66. The van der Waals surface area contributed by atoms with Crippen LogP contribution in [0.25, 0.3) is 0 Å². The van der Waals surface area contributed by atoms with Crippen LogP contribution in [-0.2, 0) is 6.61 Å². The number of amidine groups is 1. The summed E-state index contributed by atoms with van der Waals surface area (Å²) in [6.45, 7) is 0.273. The quantitative estimate of drug-likeness (QED) is 0.393. The molecule has 0 aliphatic carbocycles. The van der Waals surface area contributed by atoms with Crippen molar-refractivity contribution in [1.82, 2.24) is 4.98 Å². The van der Waals surface area contributed by atoms with Crippen LogP contribution in [0, 0.1) is 0 Å². The van der Waals surface area contributed by atoms with Crippen molar-refractivity contribution >= 4 is 29.0 Å². The van der Waals surface area contributed by atoms with Gasteiger partial charge in [0.25, 0.3) is 0 Å². The molecule has 0 saturated carbocycles. The van der Waals surface area contributed by atoms with Gasteiger partial charge in [-0.1, -0.05) is 28.4 Å². The van der Waals surface area contributed by atoms with Gasteiger partial charge in [-0.2, -0.15) is 0 Å². The van der Waals surface area contributed by atoms with E-state index >= 15 is 0 Å². The standard InChI is InChI=1S/C13H11Cl2N3O2/c14-9-1-2-12(10(15)6-9)20-7-8-3-4-17-11(5-8)13(16)18-19/h1-6,19H,7H2,(H2,16,18). The SMILES string of the molecule is NC(=NO)c1cc(COc2ccc(Cl)cc2Cl)ccn1. The Balaban J connectivity index is 2.11. The highest BCUT2D eigenvalue weighted by Gasteiger charge is 2.05. The molecule has 2 aromatic rings. The average Bonchev–Trinajstić information content (AvgIpc) is 2.46. The third kappa shape index (κ3) is 3.53. The van der Waals surface area contributed by atoms with Crippen LogP contribution in [0.2, 0.25) is 10.0 Å². The van der Waals surface area contributed by atoms with Crippen molar-refractivity contribution in [2.45, 2.75) is 6.61 Å². The molecule has 0 radical (unpaired) electrons. The molecule has 1 aromatic heterocycles. The van der Waals surface area contributed by atoms with Gasteiger partial charge in [0.1, 0.15) is 18.1 Å². The highest BCUT2D eigenvalue weighted by atomic mass is 35.5. The molecule has 0 atom stereocenters. The Labute approximate surface area is 125 Å². The van der Waals surface area contributed by atoms with E-state index in [4.69, 9.17) is 38.9 Å². The summed E-state index contributed by atoms with van der Waals surface area (Å²) in [4.78, 5) is 3.98. The van der Waals surface area contributed by atoms with Gasteiger partial charge in [0.2, 0.25) is 0 Å². The molecule has 104 valence electrons. The summed E-state index contributed by atoms with van der Waals surface area (Å²) in [6, 6.07) is 8.41. The molecule has 7 heteroatoms. The third-order valence-electron chi connectivity index (χ3n) is 2.48. The predicted molar refractivity (Wildman–Crippen MR) is 77.5 cm³/mol. The number of aromatic nitrogens is 1. The average molecular weight is 312 g/mol. The van der Waals surface area contributed by atoms with Crippen molar-refractivity contribution in [3.05, 3.63) is 57.8 Å². The zero-order valence-corrected chi connectivity index (χ0v) is 11.8. The van der Waals surface area contributed by atoms with Gasteiger partial charge >= 0.3 is 0 Å². The summed E-state index contributed by atoms with van der Waals surface area (Å²) < 4.78 is 5.58. The fourth-order valence-corrected chi connectivity index (χ4v) is 1.97. The molecule has 0 spiro atoms. The number of nitrogens with two attached hydrogens (primary N) is 1. The van der Waals surface area contributed by atoms with Crippen molar-refractivity contribution in [3.8, 4) is 5.75 Å². The second-order valence-electron chi connectivity index (χ2n) is 3.90. The Hall–Kier alpha value is -1.98. The Kier molecular flexibility index (Phi) is 4.65. The van der Waals surface area contributed by atoms with Crippen LogP contribution in [0.1, 0.15) is 11.3 Å². The lowest BCUT2D eigenvalue weighted by molar-refractivity contribution is 0.306. The van der Waals surface area contributed by atoms with Crippen LogP contribution in [0.5, 0.6) is 5.75 Å². The molecule has 1 aromatic carbocycles. The predicted octanol–water partition coefficient (Wildman–Crippen LogP) is 3.06. The van der Waals surface area contributed by atoms with Gasteiger partial charge in [0.15, 0.2) is 5.84 Å². The normalized spacial score (nSPS) is 11.4. The van der Waals surface area contributed by atoms with Crippen molar-refractivity contribution in [3.63, 3.8) is 0 Å². The lowest BCUT2D eigenvalue weighted by Crippen LogP contribution is -2.15. The van der Waals surface area contributed by atoms with E-state index in [1.54, 1.807) is 36.5 Å². The van der Waals surface area contributed by atoms with E-state index in [1.165, 1.54) is 0 Å². The molecule has 20 heavy (non-hydrogen) atoms. The second-order valence-corrected chi connectivity index (χ2v) is 4.74. The van der Waals surface area contributed by atoms with Gasteiger partial charge in [-0.15, -0.1) is 0 Å². The van der Waals surface area contributed by atoms with E-state index in [0.717, 1.165) is 5.56 Å². The van der Waals surface area contributed by atoms with Gasteiger partial charge in [-0.25, -0.2) is 0 Å². The minimum absolute atomic E-state index is 0.0589. The molecule has 0 amide bonds. The van der Waals surface area contributed by atoms with E-state index in [1.807, 2.05) is 0 Å². The fourth-order valence-electron chi connectivity index (χ4n) is 1.51. The van der Waals surface area contributed by atoms with Crippen molar-refractivity contribution in [2.75, 3.05) is 0 Å². The largest absolute Gasteiger partial charge is 0.487 e. The van der Waals surface area contributed by atoms with Gasteiger partial charge < -0.3 is 15.7 Å². The topological polar surface area (TPSA) is 80.7 Å². The van der Waals surface area contributed by atoms with Crippen molar-refractivity contribution in [1.29, 1.82) is 0 Å². The maximum absolute atomic E-state index is 8.61. The van der Waals surface area contributed by atoms with Crippen LogP contribution in [0.15, 0.2) is 41.7 Å². The summed E-state index contributed by atoms with van der Waals surface area (Å²) in [5.74, 6) is 0.467. The van der Waals surface area contributed by atoms with Crippen molar-refractivity contribution in [2.24, 2.45) is 10.9 Å². The molecule has 0 aliphatic rings. The first kappa shape index (κ1) is 14.4. The fraction of sp³-hybridized carbons (Fsp3) is 0.0769. The Morgan fingerprint density at radius 3 is 2.80 bits per heavy atom. The van der Waals surface area contributed by atoms with Crippen LogP contribution >= 0.6 is 23.2 Å². The highest BCUT2D eigenvalue weighted by Crippen LogP contribution is 2.28. The van der Waals surface area contributed by atoms with E-state index in [9.17, 15) is 0 Å². The Morgan fingerprint density at radius 1 is 1.30 bits per heavy atom. The minimum Gasteiger partial charge on any atom is -0.487 e. The van der Waals surface area contributed by atoms with E-state index in [2.05, 4.69) is 10.1 Å². The maximum Gasteiger partial charge on any atom is 0.188 e. The van der Waals surface area contributed by atoms with Crippen LogP contribution in [-0.4, -0.2) is 16.0 Å². The van der Waals surface area contributed by atoms with E-state index in [0.29, 0.717) is 21.5 Å². The van der Waals surface area contributed by atoms with Crippen molar-refractivity contribution < 1.29 is 9.94 Å². The van der Waals surface area contributed by atoms with Gasteiger partial charge in [0.05, 0.1) is 5.02 Å². The zero-order chi connectivity index (χ0) is 14.5. The number of rotatable bonds is 4. The minimum atomic E-state index is -0.0589. The Bertz CT molecular complexity index is 647. The summed E-state index contributed by atoms with van der Waals surface area (Å²) in [5, 5.41) is 12.5. The van der Waals surface area contributed by atoms with Gasteiger partial charge in [-0.3, -0.25) is 4.98 Å². The number of pyridine rings is 1. The molecule has 5 nitrogen and oxygen atoms in total. The first-order valence-electron chi connectivity index (χ1n) is 5.61. The zero-order valence-electron chi connectivity index (χ0n) is 10.3. The number of hydrogen-bond donors (Lipinski definition) is 2. The monoisotopic (exact) mass is 311 g/mol. The maximum atomic E-state index is 8.61. The lowest BCUT2D eigenvalue weighted by atomic mass is 10.2. The number of ether oxygens (including phenoxy) is 1. The van der Waals surface area contributed by atoms with Gasteiger partial charge in [0, 0.05) is 11.2 Å². The van der Waals surface area contributed by atoms with Gasteiger partial charge in [-0.05, 0) is 35.9 Å². The Morgan fingerprint density at radius 2 is 2.10 bits per heavy atom. The molecule has 1 heterocycles.